The van der Waals surface area contributed by atoms with E-state index in [4.69, 9.17) is 5.73 Å². The summed E-state index contributed by atoms with van der Waals surface area (Å²) < 4.78 is 78.9. The fourth-order valence-electron chi connectivity index (χ4n) is 3.15. The first kappa shape index (κ1) is 18.6. The predicted octanol–water partition coefficient (Wildman–Crippen LogP) is 3.30. The number of alkyl halides is 6. The molecule has 1 atom stereocenters. The minimum Gasteiger partial charge on any atom is -0.373 e. The van der Waals surface area contributed by atoms with Crippen molar-refractivity contribution in [2.24, 2.45) is 5.73 Å². The van der Waals surface area contributed by atoms with E-state index in [1.54, 1.807) is 0 Å². The lowest BCUT2D eigenvalue weighted by Gasteiger charge is -2.47. The maximum Gasteiger partial charge on any atom is 0.426 e. The van der Waals surface area contributed by atoms with E-state index in [-0.39, 0.29) is 18.4 Å². The van der Waals surface area contributed by atoms with Crippen molar-refractivity contribution in [3.8, 4) is 0 Å². The van der Waals surface area contributed by atoms with Crippen molar-refractivity contribution in [2.75, 3.05) is 0 Å². The highest BCUT2D eigenvalue weighted by Crippen LogP contribution is 2.54. The Kier molecular flexibility index (Phi) is 4.37. The molecule has 1 fully saturated rings. The second kappa shape index (κ2) is 5.65. The average molecular weight is 355 g/mol. The summed E-state index contributed by atoms with van der Waals surface area (Å²) in [6, 6.07) is 4.26. The first-order valence-electron chi connectivity index (χ1n) is 7.09. The zero-order valence-corrected chi connectivity index (χ0v) is 12.3. The summed E-state index contributed by atoms with van der Waals surface area (Å²) in [5.41, 5.74) is -2.20. The fourth-order valence-corrected chi connectivity index (χ4v) is 3.15. The molecule has 1 aliphatic rings. The molecular formula is C15H15F6NO2. The molecule has 0 saturated heterocycles. The van der Waals surface area contributed by atoms with E-state index in [1.165, 1.54) is 6.07 Å². The van der Waals surface area contributed by atoms with Gasteiger partial charge in [0.1, 0.15) is 0 Å². The molecule has 0 aromatic heterocycles. The summed E-state index contributed by atoms with van der Waals surface area (Å²) in [5.74, 6) is -2.02. The number of hydrogen-bond acceptors (Lipinski definition) is 2. The van der Waals surface area contributed by atoms with Crippen molar-refractivity contribution < 1.29 is 36.2 Å². The molecule has 3 N–H and O–H groups in total. The number of hydrogen-bond donors (Lipinski definition) is 2. The van der Waals surface area contributed by atoms with Crippen molar-refractivity contribution in [3.05, 3.63) is 35.4 Å². The van der Waals surface area contributed by atoms with E-state index >= 15 is 0 Å². The number of carbonyl (C=O) groups is 1. The molecule has 0 radical (unpaired) electrons. The molecule has 2 rings (SSSR count). The number of primary amides is 1. The first-order chi connectivity index (χ1) is 10.8. The first-order valence-corrected chi connectivity index (χ1v) is 7.09. The highest BCUT2D eigenvalue weighted by atomic mass is 19.4. The molecule has 0 aliphatic heterocycles. The Labute approximate surface area is 133 Å². The number of aliphatic hydroxyl groups is 1. The topological polar surface area (TPSA) is 63.3 Å². The van der Waals surface area contributed by atoms with Crippen LogP contribution in [0.5, 0.6) is 0 Å². The summed E-state index contributed by atoms with van der Waals surface area (Å²) in [6.45, 7) is 0. The minimum absolute atomic E-state index is 0.00817. The fraction of sp³-hybridized carbons (Fsp3) is 0.533. The second-order valence-corrected chi connectivity index (χ2v) is 6.08. The average Bonchev–Trinajstić information content (AvgIpc) is 2.40. The van der Waals surface area contributed by atoms with E-state index in [2.05, 4.69) is 0 Å². The summed E-state index contributed by atoms with van der Waals surface area (Å²) in [7, 11) is 0. The summed E-state index contributed by atoms with van der Waals surface area (Å²) in [6.07, 6.45) is -11.0. The Bertz CT molecular complexity index is 636. The SMILES string of the molecule is NC(=O)C(O)(CC1(c2ccccc2C(F)(F)F)CCC1)C(F)(F)F. The van der Waals surface area contributed by atoms with E-state index in [1.807, 2.05) is 0 Å². The number of carbonyl (C=O) groups excluding carboxylic acids is 1. The number of nitrogens with two attached hydrogens (primary N) is 1. The Hall–Kier alpha value is -1.77. The van der Waals surface area contributed by atoms with Crippen LogP contribution in [0.25, 0.3) is 0 Å². The number of benzene rings is 1. The third kappa shape index (κ3) is 2.97. The van der Waals surface area contributed by atoms with Crippen LogP contribution >= 0.6 is 0 Å². The zero-order chi connectivity index (χ0) is 18.4. The zero-order valence-electron chi connectivity index (χ0n) is 12.3. The molecule has 1 aromatic rings. The van der Waals surface area contributed by atoms with Crippen LogP contribution in [-0.4, -0.2) is 22.8 Å². The molecule has 1 saturated carbocycles. The lowest BCUT2D eigenvalue weighted by molar-refractivity contribution is -0.258. The van der Waals surface area contributed by atoms with Crippen LogP contribution in [0.4, 0.5) is 26.3 Å². The number of halogens is 6. The smallest absolute Gasteiger partial charge is 0.373 e. The third-order valence-electron chi connectivity index (χ3n) is 4.59. The lowest BCUT2D eigenvalue weighted by atomic mass is 9.58. The Morgan fingerprint density at radius 3 is 2.04 bits per heavy atom. The standard InChI is InChI=1S/C15H15F6NO2/c16-14(17,18)10-5-2-1-4-9(10)12(6-3-7-12)8-13(24,11(22)23)15(19,20)21/h1-2,4-5,24H,3,6-8H2,(H2,22,23). The maximum atomic E-state index is 13.2. The van der Waals surface area contributed by atoms with Crippen molar-refractivity contribution in [1.29, 1.82) is 0 Å². The Morgan fingerprint density at radius 2 is 1.67 bits per heavy atom. The molecule has 0 heterocycles. The minimum atomic E-state index is -5.38. The monoisotopic (exact) mass is 355 g/mol. The van der Waals surface area contributed by atoms with Crippen LogP contribution < -0.4 is 5.73 Å². The molecule has 1 aromatic carbocycles. The largest absolute Gasteiger partial charge is 0.426 e. The predicted molar refractivity (Wildman–Crippen MR) is 71.8 cm³/mol. The van der Waals surface area contributed by atoms with Crippen LogP contribution in [-0.2, 0) is 16.4 Å². The van der Waals surface area contributed by atoms with Gasteiger partial charge in [-0.2, -0.15) is 26.3 Å². The van der Waals surface area contributed by atoms with Crippen LogP contribution in [0.3, 0.4) is 0 Å². The quantitative estimate of drug-likeness (QED) is 0.814. The van der Waals surface area contributed by atoms with Crippen LogP contribution in [0.1, 0.15) is 36.8 Å². The van der Waals surface area contributed by atoms with E-state index in [0.717, 1.165) is 18.2 Å². The van der Waals surface area contributed by atoms with Gasteiger partial charge in [-0.3, -0.25) is 4.79 Å². The van der Waals surface area contributed by atoms with Gasteiger partial charge in [-0.15, -0.1) is 0 Å². The van der Waals surface area contributed by atoms with Gasteiger partial charge in [-0.25, -0.2) is 0 Å². The molecule has 24 heavy (non-hydrogen) atoms. The summed E-state index contributed by atoms with van der Waals surface area (Å²) in [5, 5.41) is 9.80. The van der Waals surface area contributed by atoms with Gasteiger partial charge in [0.25, 0.3) is 5.91 Å². The molecule has 3 nitrogen and oxygen atoms in total. The van der Waals surface area contributed by atoms with Crippen molar-refractivity contribution in [3.63, 3.8) is 0 Å². The van der Waals surface area contributed by atoms with Gasteiger partial charge in [-0.05, 0) is 29.9 Å². The van der Waals surface area contributed by atoms with Crippen molar-refractivity contribution in [2.45, 2.75) is 49.1 Å². The summed E-state index contributed by atoms with van der Waals surface area (Å²) >= 11 is 0. The maximum absolute atomic E-state index is 13.2. The van der Waals surface area contributed by atoms with Crippen LogP contribution in [0, 0.1) is 0 Å². The van der Waals surface area contributed by atoms with Crippen molar-refractivity contribution in [1.82, 2.24) is 0 Å². The third-order valence-corrected chi connectivity index (χ3v) is 4.59. The molecule has 1 unspecified atom stereocenters. The number of rotatable bonds is 4. The molecule has 1 aliphatic carbocycles. The van der Waals surface area contributed by atoms with Gasteiger partial charge in [0.15, 0.2) is 0 Å². The van der Waals surface area contributed by atoms with Crippen LogP contribution in [0.2, 0.25) is 0 Å². The molecule has 134 valence electrons. The molecule has 1 amide bonds. The highest BCUT2D eigenvalue weighted by molar-refractivity contribution is 5.84. The Morgan fingerprint density at radius 1 is 1.12 bits per heavy atom. The molecule has 0 spiro atoms. The van der Waals surface area contributed by atoms with Crippen molar-refractivity contribution >= 4 is 5.91 Å². The van der Waals surface area contributed by atoms with E-state index in [9.17, 15) is 36.2 Å². The normalized spacial score (nSPS) is 20.1. The van der Waals surface area contributed by atoms with Crippen LogP contribution in [0.15, 0.2) is 24.3 Å². The van der Waals surface area contributed by atoms with E-state index < -0.39 is 41.3 Å². The molecule has 9 heteroatoms. The van der Waals surface area contributed by atoms with E-state index in [0.29, 0.717) is 6.42 Å². The second-order valence-electron chi connectivity index (χ2n) is 6.08. The van der Waals surface area contributed by atoms with Gasteiger partial charge >= 0.3 is 12.4 Å². The van der Waals surface area contributed by atoms with Gasteiger partial charge in [0.05, 0.1) is 5.56 Å². The number of amides is 1. The Balaban J connectivity index is 2.54. The summed E-state index contributed by atoms with van der Waals surface area (Å²) in [4.78, 5) is 11.2. The van der Waals surface area contributed by atoms with Gasteiger partial charge < -0.3 is 10.8 Å². The van der Waals surface area contributed by atoms with Gasteiger partial charge in [0.2, 0.25) is 5.60 Å². The highest BCUT2D eigenvalue weighted by Gasteiger charge is 2.63. The molecular weight excluding hydrogens is 340 g/mol. The van der Waals surface area contributed by atoms with Gasteiger partial charge in [0, 0.05) is 6.42 Å². The molecule has 0 bridgehead atoms. The van der Waals surface area contributed by atoms with Gasteiger partial charge in [-0.1, -0.05) is 24.6 Å². The lowest BCUT2D eigenvalue weighted by Crippen LogP contribution is -2.60.